The van der Waals surface area contributed by atoms with Gasteiger partial charge in [-0.25, -0.2) is 0 Å². The molecule has 13 heavy (non-hydrogen) atoms. The number of benzene rings is 1. The van der Waals surface area contributed by atoms with Gasteiger partial charge in [-0.1, -0.05) is 32.1 Å². The molecular weight excluding hydrogens is 158 g/mol. The normalized spacial score (nSPS) is 12.8. The van der Waals surface area contributed by atoms with Gasteiger partial charge in [0.2, 0.25) is 0 Å². The molecule has 1 heteroatoms. The predicted molar refractivity (Wildman–Crippen MR) is 59.6 cm³/mol. The maximum absolute atomic E-state index is 5.65. The van der Waals surface area contributed by atoms with Gasteiger partial charge in [0.15, 0.2) is 0 Å². The van der Waals surface area contributed by atoms with E-state index in [4.69, 9.17) is 5.73 Å². The second-order valence-electron chi connectivity index (χ2n) is 2.90. The molecule has 0 heterocycles. The Kier molecular flexibility index (Phi) is 3.56. The summed E-state index contributed by atoms with van der Waals surface area (Å²) in [6, 6.07) is 6.12. The first-order chi connectivity index (χ1) is 6.36. The monoisotopic (exact) mass is 175 g/mol. The van der Waals surface area contributed by atoms with Crippen molar-refractivity contribution >= 4 is 11.8 Å². The predicted octanol–water partition coefficient (Wildman–Crippen LogP) is 3.25. The van der Waals surface area contributed by atoms with E-state index in [9.17, 15) is 0 Å². The van der Waals surface area contributed by atoms with Gasteiger partial charge in [0.1, 0.15) is 0 Å². The lowest BCUT2D eigenvalue weighted by molar-refractivity contribution is 0.986. The van der Waals surface area contributed by atoms with Crippen LogP contribution in [0.3, 0.4) is 0 Å². The minimum atomic E-state index is 0.857. The summed E-state index contributed by atoms with van der Waals surface area (Å²) >= 11 is 0. The van der Waals surface area contributed by atoms with E-state index in [1.165, 1.54) is 11.1 Å². The molecular formula is C12H17N. The summed E-state index contributed by atoms with van der Waals surface area (Å²) in [6.07, 6.45) is 6.67. The first-order valence-corrected chi connectivity index (χ1v) is 4.91. The summed E-state index contributed by atoms with van der Waals surface area (Å²) in [5.41, 5.74) is 9.21. The molecule has 70 valence electrons. The zero-order valence-corrected chi connectivity index (χ0v) is 8.38. The standard InChI is InChI=1S/C10H11N.C2H6/c11-10-6-5-8-3-1-2-4-9(8)7-10;1-2/h2,4-7H,1,3,11H2;1-2H3. The van der Waals surface area contributed by atoms with Crippen LogP contribution in [0.5, 0.6) is 0 Å². The van der Waals surface area contributed by atoms with Crippen molar-refractivity contribution in [3.05, 3.63) is 35.4 Å². The van der Waals surface area contributed by atoms with Crippen molar-refractivity contribution < 1.29 is 0 Å². The highest BCUT2D eigenvalue weighted by atomic mass is 14.5. The van der Waals surface area contributed by atoms with Gasteiger partial charge in [-0.15, -0.1) is 0 Å². The fourth-order valence-corrected chi connectivity index (χ4v) is 1.45. The highest BCUT2D eigenvalue weighted by Gasteiger charge is 2.02. The lowest BCUT2D eigenvalue weighted by Gasteiger charge is -2.09. The largest absolute Gasteiger partial charge is 0.399 e. The van der Waals surface area contributed by atoms with Crippen LogP contribution in [0.1, 0.15) is 31.4 Å². The highest BCUT2D eigenvalue weighted by Crippen LogP contribution is 2.20. The highest BCUT2D eigenvalue weighted by molar-refractivity contribution is 5.61. The van der Waals surface area contributed by atoms with Crippen molar-refractivity contribution in [1.29, 1.82) is 0 Å². The van der Waals surface area contributed by atoms with Crippen molar-refractivity contribution in [3.63, 3.8) is 0 Å². The van der Waals surface area contributed by atoms with Gasteiger partial charge in [-0.3, -0.25) is 0 Å². The van der Waals surface area contributed by atoms with Crippen LogP contribution in [0.25, 0.3) is 6.08 Å². The maximum atomic E-state index is 5.65. The van der Waals surface area contributed by atoms with Gasteiger partial charge in [-0.2, -0.15) is 0 Å². The molecule has 0 saturated carbocycles. The van der Waals surface area contributed by atoms with Gasteiger partial charge in [-0.05, 0) is 36.1 Å². The number of nitrogen functional groups attached to an aromatic ring is 1. The van der Waals surface area contributed by atoms with Crippen LogP contribution >= 0.6 is 0 Å². The second kappa shape index (κ2) is 4.70. The summed E-state index contributed by atoms with van der Waals surface area (Å²) in [5.74, 6) is 0. The lowest BCUT2D eigenvalue weighted by Crippen LogP contribution is -1.95. The van der Waals surface area contributed by atoms with E-state index in [-0.39, 0.29) is 0 Å². The van der Waals surface area contributed by atoms with Crippen LogP contribution in [0.2, 0.25) is 0 Å². The molecule has 1 aliphatic carbocycles. The number of aryl methyl sites for hydroxylation is 1. The number of rotatable bonds is 0. The van der Waals surface area contributed by atoms with Gasteiger partial charge < -0.3 is 5.73 Å². The van der Waals surface area contributed by atoms with Gasteiger partial charge >= 0.3 is 0 Å². The molecule has 2 N–H and O–H groups in total. The number of fused-ring (bicyclic) bond motifs is 1. The molecule has 1 aliphatic rings. The van der Waals surface area contributed by atoms with E-state index >= 15 is 0 Å². The van der Waals surface area contributed by atoms with Crippen LogP contribution < -0.4 is 5.73 Å². The fraction of sp³-hybridized carbons (Fsp3) is 0.333. The number of hydrogen-bond acceptors (Lipinski definition) is 1. The summed E-state index contributed by atoms with van der Waals surface area (Å²) < 4.78 is 0. The summed E-state index contributed by atoms with van der Waals surface area (Å²) in [7, 11) is 0. The van der Waals surface area contributed by atoms with E-state index < -0.39 is 0 Å². The molecule has 0 radical (unpaired) electrons. The molecule has 0 aromatic heterocycles. The van der Waals surface area contributed by atoms with Crippen molar-refractivity contribution in [3.8, 4) is 0 Å². The fourth-order valence-electron chi connectivity index (χ4n) is 1.45. The zero-order chi connectivity index (χ0) is 9.68. The first-order valence-electron chi connectivity index (χ1n) is 4.91. The molecule has 0 amide bonds. The number of allylic oxidation sites excluding steroid dienone is 1. The number of hydrogen-bond donors (Lipinski definition) is 1. The van der Waals surface area contributed by atoms with Crippen LogP contribution in [0.15, 0.2) is 24.3 Å². The van der Waals surface area contributed by atoms with Crippen LogP contribution in [0, 0.1) is 0 Å². The molecule has 0 aliphatic heterocycles. The topological polar surface area (TPSA) is 26.0 Å². The molecule has 2 rings (SSSR count). The Balaban J connectivity index is 0.000000396. The second-order valence-corrected chi connectivity index (χ2v) is 2.90. The van der Waals surface area contributed by atoms with Crippen molar-refractivity contribution in [2.24, 2.45) is 0 Å². The Hall–Kier alpha value is -1.24. The third-order valence-electron chi connectivity index (χ3n) is 2.05. The SMILES string of the molecule is CC.Nc1ccc2c(c1)C=CCC2. The van der Waals surface area contributed by atoms with Crippen LogP contribution in [-0.2, 0) is 6.42 Å². The first kappa shape index (κ1) is 9.85. The summed E-state index contributed by atoms with van der Waals surface area (Å²) in [6.45, 7) is 4.00. The molecule has 1 aromatic rings. The Morgan fingerprint density at radius 3 is 2.77 bits per heavy atom. The Bertz CT molecular complexity index is 300. The third-order valence-corrected chi connectivity index (χ3v) is 2.05. The smallest absolute Gasteiger partial charge is 0.0320 e. The van der Waals surface area contributed by atoms with E-state index in [1.807, 2.05) is 26.0 Å². The molecule has 0 fully saturated rings. The average Bonchev–Trinajstić information content (AvgIpc) is 2.21. The van der Waals surface area contributed by atoms with Crippen molar-refractivity contribution in [2.75, 3.05) is 5.73 Å². The van der Waals surface area contributed by atoms with Crippen molar-refractivity contribution in [2.45, 2.75) is 26.7 Å². The van der Waals surface area contributed by atoms with Gasteiger partial charge in [0.25, 0.3) is 0 Å². The van der Waals surface area contributed by atoms with Crippen molar-refractivity contribution in [1.82, 2.24) is 0 Å². The summed E-state index contributed by atoms with van der Waals surface area (Å²) in [5, 5.41) is 0. The molecule has 0 atom stereocenters. The molecule has 0 bridgehead atoms. The maximum Gasteiger partial charge on any atom is 0.0320 e. The van der Waals surface area contributed by atoms with Gasteiger partial charge in [0, 0.05) is 5.69 Å². The Morgan fingerprint density at radius 2 is 2.00 bits per heavy atom. The molecule has 0 unspecified atom stereocenters. The minimum absolute atomic E-state index is 0.857. The molecule has 0 saturated heterocycles. The molecule has 1 nitrogen and oxygen atoms in total. The van der Waals surface area contributed by atoms with Gasteiger partial charge in [0.05, 0.1) is 0 Å². The third kappa shape index (κ3) is 2.35. The number of nitrogens with two attached hydrogens (primary N) is 1. The quantitative estimate of drug-likeness (QED) is 0.602. The average molecular weight is 175 g/mol. The number of anilines is 1. The minimum Gasteiger partial charge on any atom is -0.399 e. The van der Waals surface area contributed by atoms with E-state index in [1.54, 1.807) is 0 Å². The van der Waals surface area contributed by atoms with Crippen LogP contribution in [-0.4, -0.2) is 0 Å². The van der Waals surface area contributed by atoms with Crippen LogP contribution in [0.4, 0.5) is 5.69 Å². The van der Waals surface area contributed by atoms with E-state index in [0.29, 0.717) is 0 Å². The summed E-state index contributed by atoms with van der Waals surface area (Å²) in [4.78, 5) is 0. The zero-order valence-electron chi connectivity index (χ0n) is 8.38. The lowest BCUT2D eigenvalue weighted by atomic mass is 9.97. The van der Waals surface area contributed by atoms with E-state index in [2.05, 4.69) is 18.2 Å². The molecule has 1 aromatic carbocycles. The Morgan fingerprint density at radius 1 is 1.23 bits per heavy atom. The molecule has 0 spiro atoms. The Labute approximate surface area is 80.3 Å². The van der Waals surface area contributed by atoms with E-state index in [0.717, 1.165) is 18.5 Å².